The summed E-state index contributed by atoms with van der Waals surface area (Å²) in [6, 6.07) is 3.35. The van der Waals surface area contributed by atoms with Crippen molar-refractivity contribution in [2.75, 3.05) is 0 Å². The van der Waals surface area contributed by atoms with Gasteiger partial charge in [0.05, 0.1) is 6.04 Å². The third-order valence-electron chi connectivity index (χ3n) is 1.62. The first-order valence-corrected chi connectivity index (χ1v) is 3.84. The highest BCUT2D eigenvalue weighted by atomic mass is 35.5. The number of aliphatic hydroxyl groups excluding tert-OH is 1. The van der Waals surface area contributed by atoms with Crippen LogP contribution in [0.2, 0.25) is 0 Å². The molecule has 3 nitrogen and oxygen atoms in total. The van der Waals surface area contributed by atoms with Gasteiger partial charge < -0.3 is 15.3 Å². The molecule has 0 saturated heterocycles. The average molecular weight is 204 g/mol. The highest BCUT2D eigenvalue weighted by Crippen LogP contribution is 2.17. The average Bonchev–Trinajstić information content (AvgIpc) is 2.52. The van der Waals surface area contributed by atoms with Crippen LogP contribution in [-0.2, 0) is 6.61 Å². The van der Waals surface area contributed by atoms with E-state index < -0.39 is 0 Å². The van der Waals surface area contributed by atoms with E-state index in [9.17, 15) is 0 Å². The van der Waals surface area contributed by atoms with Crippen LogP contribution < -0.4 is 5.73 Å². The van der Waals surface area contributed by atoms with Crippen molar-refractivity contribution in [3.63, 3.8) is 0 Å². The third-order valence-corrected chi connectivity index (χ3v) is 1.62. The maximum absolute atomic E-state index is 8.71. The van der Waals surface area contributed by atoms with Gasteiger partial charge in [-0.1, -0.05) is 6.08 Å². The van der Waals surface area contributed by atoms with Crippen molar-refractivity contribution >= 4 is 12.4 Å². The largest absolute Gasteiger partial charge is 0.462 e. The van der Waals surface area contributed by atoms with E-state index in [1.165, 1.54) is 0 Å². The minimum Gasteiger partial charge on any atom is -0.462 e. The van der Waals surface area contributed by atoms with E-state index in [1.54, 1.807) is 18.2 Å². The molecule has 74 valence electrons. The lowest BCUT2D eigenvalue weighted by Crippen LogP contribution is -2.07. The number of nitrogens with two attached hydrogens (primary N) is 1. The Balaban J connectivity index is 0.00000144. The van der Waals surface area contributed by atoms with Crippen LogP contribution in [0.4, 0.5) is 0 Å². The Morgan fingerprint density at radius 2 is 2.31 bits per heavy atom. The monoisotopic (exact) mass is 203 g/mol. The number of aliphatic hydroxyl groups is 1. The van der Waals surface area contributed by atoms with Crippen LogP contribution in [0.3, 0.4) is 0 Å². The fourth-order valence-electron chi connectivity index (χ4n) is 0.974. The Labute approximate surface area is 83.6 Å². The van der Waals surface area contributed by atoms with Gasteiger partial charge in [0, 0.05) is 0 Å². The maximum Gasteiger partial charge on any atom is 0.129 e. The van der Waals surface area contributed by atoms with Crippen molar-refractivity contribution < 1.29 is 9.52 Å². The first-order chi connectivity index (χ1) is 5.77. The van der Waals surface area contributed by atoms with Gasteiger partial charge in [0.2, 0.25) is 0 Å². The fourth-order valence-corrected chi connectivity index (χ4v) is 0.974. The van der Waals surface area contributed by atoms with Crippen LogP contribution in [0, 0.1) is 0 Å². The Bertz CT molecular complexity index is 260. The van der Waals surface area contributed by atoms with Gasteiger partial charge in [-0.25, -0.2) is 0 Å². The van der Waals surface area contributed by atoms with Crippen molar-refractivity contribution in [3.8, 4) is 0 Å². The number of furan rings is 1. The second kappa shape index (κ2) is 5.80. The van der Waals surface area contributed by atoms with Crippen LogP contribution in [0.25, 0.3) is 0 Å². The summed E-state index contributed by atoms with van der Waals surface area (Å²) in [6.07, 6.45) is 2.42. The number of rotatable bonds is 4. The van der Waals surface area contributed by atoms with E-state index in [0.29, 0.717) is 17.9 Å². The molecular weight excluding hydrogens is 190 g/mol. The molecule has 3 N–H and O–H groups in total. The molecular formula is C9H14ClNO2. The molecule has 1 aromatic heterocycles. The molecule has 0 aliphatic rings. The highest BCUT2D eigenvalue weighted by Gasteiger charge is 2.08. The zero-order chi connectivity index (χ0) is 8.97. The summed E-state index contributed by atoms with van der Waals surface area (Å²) in [5, 5.41) is 8.71. The van der Waals surface area contributed by atoms with Gasteiger partial charge in [0.15, 0.2) is 0 Å². The minimum atomic E-state index is -0.150. The molecule has 0 saturated carbocycles. The van der Waals surface area contributed by atoms with Crippen molar-refractivity contribution in [3.05, 3.63) is 36.3 Å². The molecule has 13 heavy (non-hydrogen) atoms. The van der Waals surface area contributed by atoms with Crippen molar-refractivity contribution in [1.82, 2.24) is 0 Å². The lowest BCUT2D eigenvalue weighted by molar-refractivity contribution is 0.241. The van der Waals surface area contributed by atoms with Crippen LogP contribution >= 0.6 is 12.4 Å². The minimum absolute atomic E-state index is 0. The second-order valence-electron chi connectivity index (χ2n) is 2.59. The van der Waals surface area contributed by atoms with Gasteiger partial charge in [-0.3, -0.25) is 0 Å². The lowest BCUT2D eigenvalue weighted by Gasteiger charge is -2.03. The number of hydrogen-bond acceptors (Lipinski definition) is 3. The standard InChI is InChI=1S/C9H13NO2.ClH/c1-2-3-8(10)9-5-4-7(6-11)12-9;/h2,4-5,8,11H,1,3,6,10H2;1H/t8-;/m0./s1. The molecule has 0 unspecified atom stereocenters. The molecule has 0 bridgehead atoms. The molecule has 0 amide bonds. The summed E-state index contributed by atoms with van der Waals surface area (Å²) < 4.78 is 5.22. The molecule has 0 spiro atoms. The van der Waals surface area contributed by atoms with Gasteiger partial charge in [0.1, 0.15) is 18.1 Å². The first kappa shape index (κ1) is 12.2. The topological polar surface area (TPSA) is 59.4 Å². The molecule has 1 atom stereocenters. The molecule has 0 aliphatic heterocycles. The second-order valence-corrected chi connectivity index (χ2v) is 2.59. The zero-order valence-electron chi connectivity index (χ0n) is 7.27. The van der Waals surface area contributed by atoms with E-state index in [-0.39, 0.29) is 25.1 Å². The van der Waals surface area contributed by atoms with E-state index in [2.05, 4.69) is 6.58 Å². The van der Waals surface area contributed by atoms with E-state index in [0.717, 1.165) is 0 Å². The first-order valence-electron chi connectivity index (χ1n) is 3.84. The number of hydrogen-bond donors (Lipinski definition) is 2. The third kappa shape index (κ3) is 3.22. The molecule has 0 fully saturated rings. The molecule has 1 aromatic rings. The summed E-state index contributed by atoms with van der Waals surface area (Å²) in [5.74, 6) is 1.24. The highest BCUT2D eigenvalue weighted by molar-refractivity contribution is 5.85. The predicted octanol–water partition coefficient (Wildman–Crippen LogP) is 1.77. The fraction of sp³-hybridized carbons (Fsp3) is 0.333. The summed E-state index contributed by atoms with van der Waals surface area (Å²) >= 11 is 0. The van der Waals surface area contributed by atoms with Gasteiger partial charge in [-0.05, 0) is 18.6 Å². The molecule has 0 radical (unpaired) electrons. The summed E-state index contributed by atoms with van der Waals surface area (Å²) in [4.78, 5) is 0. The van der Waals surface area contributed by atoms with Gasteiger partial charge in [-0.15, -0.1) is 19.0 Å². The van der Waals surface area contributed by atoms with Crippen molar-refractivity contribution in [2.24, 2.45) is 5.73 Å². The van der Waals surface area contributed by atoms with E-state index in [1.807, 2.05) is 0 Å². The quantitative estimate of drug-likeness (QED) is 0.734. The molecule has 1 heterocycles. The molecule has 0 aromatic carbocycles. The van der Waals surface area contributed by atoms with Crippen LogP contribution in [0.1, 0.15) is 24.0 Å². The van der Waals surface area contributed by atoms with Gasteiger partial charge >= 0.3 is 0 Å². The zero-order valence-corrected chi connectivity index (χ0v) is 8.09. The maximum atomic E-state index is 8.71. The van der Waals surface area contributed by atoms with Crippen molar-refractivity contribution in [1.29, 1.82) is 0 Å². The predicted molar refractivity (Wildman–Crippen MR) is 53.6 cm³/mol. The Morgan fingerprint density at radius 3 is 2.77 bits per heavy atom. The van der Waals surface area contributed by atoms with Crippen LogP contribution in [-0.4, -0.2) is 5.11 Å². The SMILES string of the molecule is C=CC[C@H](N)c1ccc(CO)o1.Cl. The molecule has 4 heteroatoms. The lowest BCUT2D eigenvalue weighted by atomic mass is 10.2. The van der Waals surface area contributed by atoms with E-state index >= 15 is 0 Å². The summed E-state index contributed by atoms with van der Waals surface area (Å²) in [7, 11) is 0. The van der Waals surface area contributed by atoms with E-state index in [4.69, 9.17) is 15.3 Å². The Hall–Kier alpha value is -0.770. The summed E-state index contributed by atoms with van der Waals surface area (Å²) in [6.45, 7) is 3.50. The van der Waals surface area contributed by atoms with Crippen molar-refractivity contribution in [2.45, 2.75) is 19.1 Å². The van der Waals surface area contributed by atoms with Crippen LogP contribution in [0.15, 0.2) is 29.2 Å². The van der Waals surface area contributed by atoms with Gasteiger partial charge in [-0.2, -0.15) is 0 Å². The number of halogens is 1. The summed E-state index contributed by atoms with van der Waals surface area (Å²) in [5.41, 5.74) is 5.73. The molecule has 0 aliphatic carbocycles. The normalized spacial score (nSPS) is 11.8. The Morgan fingerprint density at radius 1 is 1.62 bits per heavy atom. The van der Waals surface area contributed by atoms with Crippen LogP contribution in [0.5, 0.6) is 0 Å². The Kier molecular flexibility index (Phi) is 5.46. The molecule has 1 rings (SSSR count). The smallest absolute Gasteiger partial charge is 0.129 e. The van der Waals surface area contributed by atoms with Gasteiger partial charge in [0.25, 0.3) is 0 Å².